The van der Waals surface area contributed by atoms with Gasteiger partial charge in [0.05, 0.1) is 0 Å². The van der Waals surface area contributed by atoms with E-state index in [4.69, 9.17) is 0 Å². The van der Waals surface area contributed by atoms with Gasteiger partial charge in [0.1, 0.15) is 0 Å². The Morgan fingerprint density at radius 2 is 1.80 bits per heavy atom. The summed E-state index contributed by atoms with van der Waals surface area (Å²) in [6.07, 6.45) is 3.35. The zero-order valence-electron chi connectivity index (χ0n) is 15.4. The first-order chi connectivity index (χ1) is 12.0. The third-order valence-corrected chi connectivity index (χ3v) is 5.62. The molecule has 136 valence electrons. The van der Waals surface area contributed by atoms with Crippen molar-refractivity contribution in [3.05, 3.63) is 34.9 Å². The average Bonchev–Trinajstić information content (AvgIpc) is 2.56. The van der Waals surface area contributed by atoms with E-state index < -0.39 is 0 Å². The lowest BCUT2D eigenvalue weighted by Crippen LogP contribution is -2.52. The number of hydrogen-bond acceptors (Lipinski definition) is 3. The summed E-state index contributed by atoms with van der Waals surface area (Å²) in [7, 11) is 0. The van der Waals surface area contributed by atoms with Gasteiger partial charge in [-0.1, -0.05) is 12.5 Å². The van der Waals surface area contributed by atoms with Gasteiger partial charge in [-0.2, -0.15) is 0 Å². The van der Waals surface area contributed by atoms with Crippen molar-refractivity contribution in [2.75, 3.05) is 39.3 Å². The van der Waals surface area contributed by atoms with Crippen molar-refractivity contribution in [1.82, 2.24) is 15.1 Å². The van der Waals surface area contributed by atoms with Crippen LogP contribution in [0, 0.1) is 19.8 Å². The molecule has 0 aromatic heterocycles. The molecule has 0 bridgehead atoms. The normalized spacial score (nSPS) is 18.7. The average molecular weight is 343 g/mol. The first-order valence-corrected chi connectivity index (χ1v) is 9.41. The number of nitrogens with zero attached hydrogens (tertiary/aromatic N) is 2. The number of hydrogen-bond donors (Lipinski definition) is 1. The maximum absolute atomic E-state index is 12.2. The molecule has 1 saturated heterocycles. The van der Waals surface area contributed by atoms with E-state index in [2.05, 4.69) is 10.2 Å². The molecule has 1 saturated carbocycles. The number of piperazine rings is 1. The molecule has 1 aliphatic heterocycles. The Balaban J connectivity index is 1.37. The predicted octanol–water partition coefficient (Wildman–Crippen LogP) is 1.98. The minimum Gasteiger partial charge on any atom is -0.351 e. The monoisotopic (exact) mass is 343 g/mol. The summed E-state index contributed by atoms with van der Waals surface area (Å²) in [6.45, 7) is 8.99. The van der Waals surface area contributed by atoms with E-state index in [1.54, 1.807) is 0 Å². The van der Waals surface area contributed by atoms with Gasteiger partial charge in [-0.25, -0.2) is 0 Å². The molecule has 1 N–H and O–H groups in total. The van der Waals surface area contributed by atoms with E-state index in [-0.39, 0.29) is 5.91 Å². The Morgan fingerprint density at radius 3 is 2.40 bits per heavy atom. The summed E-state index contributed by atoms with van der Waals surface area (Å²) >= 11 is 0. The molecular formula is C20H29N3O2. The molecular weight excluding hydrogens is 314 g/mol. The van der Waals surface area contributed by atoms with Gasteiger partial charge in [-0.15, -0.1) is 0 Å². The quantitative estimate of drug-likeness (QED) is 0.889. The molecule has 3 rings (SSSR count). The van der Waals surface area contributed by atoms with Crippen LogP contribution in [-0.2, 0) is 4.79 Å². The van der Waals surface area contributed by atoms with E-state index in [9.17, 15) is 9.59 Å². The Kier molecular flexibility index (Phi) is 5.74. The maximum Gasteiger partial charge on any atom is 0.251 e. The number of nitrogens with one attached hydrogen (secondary N) is 1. The summed E-state index contributed by atoms with van der Waals surface area (Å²) in [4.78, 5) is 28.8. The zero-order chi connectivity index (χ0) is 17.8. The number of amides is 2. The Labute approximate surface area is 150 Å². The van der Waals surface area contributed by atoms with Gasteiger partial charge in [0.25, 0.3) is 5.91 Å². The molecule has 0 spiro atoms. The lowest BCUT2D eigenvalue weighted by Gasteiger charge is -2.38. The molecule has 0 unspecified atom stereocenters. The van der Waals surface area contributed by atoms with E-state index in [1.807, 2.05) is 36.9 Å². The van der Waals surface area contributed by atoms with E-state index >= 15 is 0 Å². The van der Waals surface area contributed by atoms with Crippen LogP contribution < -0.4 is 5.32 Å². The summed E-state index contributed by atoms with van der Waals surface area (Å²) in [5, 5.41) is 3.00. The minimum absolute atomic E-state index is 0.0121. The van der Waals surface area contributed by atoms with Gasteiger partial charge >= 0.3 is 0 Å². The van der Waals surface area contributed by atoms with Crippen LogP contribution in [0.4, 0.5) is 0 Å². The van der Waals surface area contributed by atoms with Crippen molar-refractivity contribution in [1.29, 1.82) is 0 Å². The van der Waals surface area contributed by atoms with Gasteiger partial charge in [0.2, 0.25) is 5.91 Å². The summed E-state index contributed by atoms with van der Waals surface area (Å²) in [5.74, 6) is 0.639. The predicted molar refractivity (Wildman–Crippen MR) is 98.6 cm³/mol. The number of rotatable bonds is 5. The number of benzene rings is 1. The molecule has 25 heavy (non-hydrogen) atoms. The molecule has 1 aliphatic carbocycles. The van der Waals surface area contributed by atoms with Crippen molar-refractivity contribution in [2.24, 2.45) is 5.92 Å². The molecule has 2 amide bonds. The molecule has 2 fully saturated rings. The van der Waals surface area contributed by atoms with Crippen LogP contribution in [0.2, 0.25) is 0 Å². The number of aryl methyl sites for hydroxylation is 2. The highest BCUT2D eigenvalue weighted by atomic mass is 16.2. The van der Waals surface area contributed by atoms with E-state index in [0.29, 0.717) is 18.4 Å². The Bertz CT molecular complexity index is 632. The van der Waals surface area contributed by atoms with Crippen molar-refractivity contribution in [3.63, 3.8) is 0 Å². The van der Waals surface area contributed by atoms with Crippen LogP contribution in [0.5, 0.6) is 0 Å². The van der Waals surface area contributed by atoms with Crippen molar-refractivity contribution in [3.8, 4) is 0 Å². The molecule has 1 heterocycles. The Hall–Kier alpha value is -1.88. The fourth-order valence-electron chi connectivity index (χ4n) is 3.42. The first kappa shape index (κ1) is 17.9. The van der Waals surface area contributed by atoms with Gasteiger partial charge in [0, 0.05) is 50.7 Å². The summed E-state index contributed by atoms with van der Waals surface area (Å²) in [5.41, 5.74) is 3.06. The van der Waals surface area contributed by atoms with Gasteiger partial charge < -0.3 is 10.2 Å². The Morgan fingerprint density at radius 1 is 1.08 bits per heavy atom. The molecule has 1 aromatic rings. The van der Waals surface area contributed by atoms with Crippen LogP contribution in [0.1, 0.15) is 40.7 Å². The van der Waals surface area contributed by atoms with Gasteiger partial charge in [-0.3, -0.25) is 14.5 Å². The smallest absolute Gasteiger partial charge is 0.251 e. The summed E-state index contributed by atoms with van der Waals surface area (Å²) in [6, 6.07) is 5.81. The zero-order valence-corrected chi connectivity index (χ0v) is 15.4. The SMILES string of the molecule is Cc1ccc(C(=O)NCCN2CCN(C(=O)C3CCC3)CC2)cc1C. The topological polar surface area (TPSA) is 52.7 Å². The standard InChI is InChI=1S/C20H29N3O2/c1-15-6-7-18(14-16(15)2)19(24)21-8-9-22-10-12-23(13-11-22)20(25)17-4-3-5-17/h6-7,14,17H,3-5,8-13H2,1-2H3,(H,21,24). The minimum atomic E-state index is -0.0121. The fraction of sp³-hybridized carbons (Fsp3) is 0.600. The largest absolute Gasteiger partial charge is 0.351 e. The van der Waals surface area contributed by atoms with Crippen LogP contribution in [0.15, 0.2) is 18.2 Å². The molecule has 0 atom stereocenters. The van der Waals surface area contributed by atoms with Crippen LogP contribution in [0.25, 0.3) is 0 Å². The first-order valence-electron chi connectivity index (χ1n) is 9.41. The molecule has 5 heteroatoms. The van der Waals surface area contributed by atoms with Gasteiger partial charge in [0.15, 0.2) is 0 Å². The van der Waals surface area contributed by atoms with Crippen LogP contribution >= 0.6 is 0 Å². The second kappa shape index (κ2) is 8.00. The number of carbonyl (C=O) groups excluding carboxylic acids is 2. The van der Waals surface area contributed by atoms with Crippen LogP contribution in [-0.4, -0.2) is 60.9 Å². The summed E-state index contributed by atoms with van der Waals surface area (Å²) < 4.78 is 0. The second-order valence-corrected chi connectivity index (χ2v) is 7.35. The number of carbonyl (C=O) groups is 2. The third kappa shape index (κ3) is 4.40. The third-order valence-electron chi connectivity index (χ3n) is 5.62. The molecule has 5 nitrogen and oxygen atoms in total. The molecule has 2 aliphatic rings. The highest BCUT2D eigenvalue weighted by molar-refractivity contribution is 5.94. The maximum atomic E-state index is 12.2. The molecule has 1 aromatic carbocycles. The van der Waals surface area contributed by atoms with Crippen molar-refractivity contribution >= 4 is 11.8 Å². The lowest BCUT2D eigenvalue weighted by molar-refractivity contribution is -0.139. The second-order valence-electron chi connectivity index (χ2n) is 7.35. The van der Waals surface area contributed by atoms with E-state index in [0.717, 1.165) is 56.7 Å². The fourth-order valence-corrected chi connectivity index (χ4v) is 3.42. The highest BCUT2D eigenvalue weighted by Gasteiger charge is 2.30. The molecule has 0 radical (unpaired) electrons. The van der Waals surface area contributed by atoms with Crippen molar-refractivity contribution in [2.45, 2.75) is 33.1 Å². The lowest BCUT2D eigenvalue weighted by atomic mass is 9.84. The highest BCUT2D eigenvalue weighted by Crippen LogP contribution is 2.28. The van der Waals surface area contributed by atoms with Crippen molar-refractivity contribution < 1.29 is 9.59 Å². The van der Waals surface area contributed by atoms with Gasteiger partial charge in [-0.05, 0) is 49.9 Å². The van der Waals surface area contributed by atoms with E-state index in [1.165, 1.54) is 12.0 Å². The van der Waals surface area contributed by atoms with Crippen LogP contribution in [0.3, 0.4) is 0 Å².